The van der Waals surface area contributed by atoms with Gasteiger partial charge in [0, 0.05) is 36.9 Å². The van der Waals surface area contributed by atoms with Crippen molar-refractivity contribution in [3.63, 3.8) is 0 Å². The van der Waals surface area contributed by atoms with Gasteiger partial charge in [-0.25, -0.2) is 0 Å². The van der Waals surface area contributed by atoms with Gasteiger partial charge in [-0.1, -0.05) is 29.3 Å². The first-order valence-corrected chi connectivity index (χ1v) is 9.27. The number of ether oxygens (including phenoxy) is 1. The van der Waals surface area contributed by atoms with E-state index in [0.29, 0.717) is 47.7 Å². The summed E-state index contributed by atoms with van der Waals surface area (Å²) in [5.74, 6) is 0.150. The van der Waals surface area contributed by atoms with E-state index < -0.39 is 11.7 Å². The summed E-state index contributed by atoms with van der Waals surface area (Å²) in [5.41, 5.74) is -0.192. The van der Waals surface area contributed by atoms with Crippen molar-refractivity contribution in [2.24, 2.45) is 0 Å². The molecule has 0 unspecified atom stereocenters. The monoisotopic (exact) mass is 432 g/mol. The zero-order chi connectivity index (χ0) is 20.3. The summed E-state index contributed by atoms with van der Waals surface area (Å²) in [6.45, 7) is 1.49. The summed E-state index contributed by atoms with van der Waals surface area (Å²) in [4.78, 5) is 15.8. The maximum absolute atomic E-state index is 12.9. The number of anilines is 1. The van der Waals surface area contributed by atoms with Crippen LogP contribution in [0.1, 0.15) is 5.56 Å². The van der Waals surface area contributed by atoms with Crippen LogP contribution in [0.5, 0.6) is 5.75 Å². The standard InChI is InChI=1S/C19H17Cl2F3N2O2/c20-14-4-5-17(16(21)11-14)28-12-18(27)26-8-6-25(7-9-26)15-3-1-2-13(10-15)19(22,23)24/h1-5,10-11H,6-9,12H2. The van der Waals surface area contributed by atoms with Crippen LogP contribution >= 0.6 is 23.2 Å². The van der Waals surface area contributed by atoms with Crippen LogP contribution in [0.4, 0.5) is 18.9 Å². The highest BCUT2D eigenvalue weighted by atomic mass is 35.5. The summed E-state index contributed by atoms with van der Waals surface area (Å²) >= 11 is 11.8. The van der Waals surface area contributed by atoms with Gasteiger partial charge in [0.05, 0.1) is 10.6 Å². The minimum atomic E-state index is -4.38. The molecule has 9 heteroatoms. The average molecular weight is 433 g/mol. The fourth-order valence-corrected chi connectivity index (χ4v) is 3.38. The molecule has 2 aromatic rings. The molecule has 0 aromatic heterocycles. The lowest BCUT2D eigenvalue weighted by Gasteiger charge is -2.36. The van der Waals surface area contributed by atoms with E-state index in [2.05, 4.69) is 0 Å². The average Bonchev–Trinajstić information content (AvgIpc) is 2.67. The van der Waals surface area contributed by atoms with Crippen molar-refractivity contribution in [1.29, 1.82) is 0 Å². The Morgan fingerprint density at radius 2 is 1.75 bits per heavy atom. The van der Waals surface area contributed by atoms with Crippen LogP contribution in [-0.4, -0.2) is 43.6 Å². The van der Waals surface area contributed by atoms with E-state index in [1.807, 2.05) is 4.90 Å². The summed E-state index contributed by atoms with van der Waals surface area (Å²) in [6.07, 6.45) is -4.38. The van der Waals surface area contributed by atoms with E-state index in [0.717, 1.165) is 12.1 Å². The molecule has 1 heterocycles. The molecule has 0 aliphatic carbocycles. The predicted octanol–water partition coefficient (Wildman–Crippen LogP) is 4.74. The summed E-state index contributed by atoms with van der Waals surface area (Å²) in [5, 5.41) is 0.782. The van der Waals surface area contributed by atoms with E-state index in [9.17, 15) is 18.0 Å². The SMILES string of the molecule is O=C(COc1ccc(Cl)cc1Cl)N1CCN(c2cccc(C(F)(F)F)c2)CC1. The van der Waals surface area contributed by atoms with Crippen molar-refractivity contribution >= 4 is 34.8 Å². The minimum absolute atomic E-state index is 0.176. The molecule has 0 atom stereocenters. The van der Waals surface area contributed by atoms with Gasteiger partial charge in [-0.2, -0.15) is 13.2 Å². The van der Waals surface area contributed by atoms with Gasteiger partial charge >= 0.3 is 6.18 Å². The molecular weight excluding hydrogens is 416 g/mol. The number of halogens is 5. The zero-order valence-electron chi connectivity index (χ0n) is 14.7. The van der Waals surface area contributed by atoms with Gasteiger partial charge in [0.25, 0.3) is 5.91 Å². The third-order valence-electron chi connectivity index (χ3n) is 4.42. The zero-order valence-corrected chi connectivity index (χ0v) is 16.2. The molecule has 3 rings (SSSR count). The largest absolute Gasteiger partial charge is 0.482 e. The number of alkyl halides is 3. The van der Waals surface area contributed by atoms with Crippen molar-refractivity contribution in [2.45, 2.75) is 6.18 Å². The van der Waals surface area contributed by atoms with Gasteiger partial charge in [-0.05, 0) is 36.4 Å². The number of benzene rings is 2. The van der Waals surface area contributed by atoms with Gasteiger partial charge in [0.2, 0.25) is 0 Å². The Morgan fingerprint density at radius 3 is 2.39 bits per heavy atom. The second kappa shape index (κ2) is 8.49. The van der Waals surface area contributed by atoms with E-state index >= 15 is 0 Å². The molecular formula is C19H17Cl2F3N2O2. The molecule has 1 saturated heterocycles. The number of rotatable bonds is 4. The molecule has 2 aromatic carbocycles. The van der Waals surface area contributed by atoms with Crippen LogP contribution in [0.15, 0.2) is 42.5 Å². The number of nitrogens with zero attached hydrogens (tertiary/aromatic N) is 2. The lowest BCUT2D eigenvalue weighted by molar-refractivity contribution is -0.137. The smallest absolute Gasteiger partial charge is 0.416 e. The number of carbonyl (C=O) groups excluding carboxylic acids is 1. The molecule has 0 bridgehead atoms. The molecule has 4 nitrogen and oxygen atoms in total. The van der Waals surface area contributed by atoms with Crippen LogP contribution < -0.4 is 9.64 Å². The van der Waals surface area contributed by atoms with Crippen molar-refractivity contribution < 1.29 is 22.7 Å². The normalized spacial score (nSPS) is 14.9. The van der Waals surface area contributed by atoms with Crippen LogP contribution in [-0.2, 0) is 11.0 Å². The Hall–Kier alpha value is -2.12. The van der Waals surface area contributed by atoms with Crippen LogP contribution in [0, 0.1) is 0 Å². The second-order valence-corrected chi connectivity index (χ2v) is 7.12. The van der Waals surface area contributed by atoms with Crippen molar-refractivity contribution in [1.82, 2.24) is 4.90 Å². The maximum Gasteiger partial charge on any atom is 0.416 e. The quantitative estimate of drug-likeness (QED) is 0.699. The first-order valence-electron chi connectivity index (χ1n) is 8.52. The number of piperazine rings is 1. The lowest BCUT2D eigenvalue weighted by atomic mass is 10.1. The van der Waals surface area contributed by atoms with Crippen LogP contribution in [0.2, 0.25) is 10.0 Å². The lowest BCUT2D eigenvalue weighted by Crippen LogP contribution is -2.50. The van der Waals surface area contributed by atoms with Crippen LogP contribution in [0.3, 0.4) is 0 Å². The van der Waals surface area contributed by atoms with Gasteiger partial charge < -0.3 is 14.5 Å². The van der Waals surface area contributed by atoms with Crippen molar-refractivity contribution in [3.05, 3.63) is 58.1 Å². The van der Waals surface area contributed by atoms with Gasteiger partial charge in [0.1, 0.15) is 5.75 Å². The Morgan fingerprint density at radius 1 is 1.04 bits per heavy atom. The first-order chi connectivity index (χ1) is 13.2. The molecule has 1 aliphatic rings. The van der Waals surface area contributed by atoms with Gasteiger partial charge in [-0.15, -0.1) is 0 Å². The van der Waals surface area contributed by atoms with E-state index in [1.165, 1.54) is 12.1 Å². The van der Waals surface area contributed by atoms with Crippen LogP contribution in [0.25, 0.3) is 0 Å². The molecule has 1 fully saturated rings. The van der Waals surface area contributed by atoms with E-state index in [4.69, 9.17) is 27.9 Å². The molecule has 0 radical (unpaired) electrons. The molecule has 28 heavy (non-hydrogen) atoms. The molecule has 0 N–H and O–H groups in total. The van der Waals surface area contributed by atoms with Gasteiger partial charge in [0.15, 0.2) is 6.61 Å². The Balaban J connectivity index is 1.54. The topological polar surface area (TPSA) is 32.8 Å². The molecule has 150 valence electrons. The number of amides is 1. The molecule has 1 amide bonds. The second-order valence-electron chi connectivity index (χ2n) is 6.28. The van der Waals surface area contributed by atoms with Gasteiger partial charge in [-0.3, -0.25) is 4.79 Å². The Kier molecular flexibility index (Phi) is 6.25. The Labute approximate surface area is 170 Å². The summed E-state index contributed by atoms with van der Waals surface area (Å²) in [7, 11) is 0. The van der Waals surface area contributed by atoms with E-state index in [-0.39, 0.29) is 12.5 Å². The molecule has 0 saturated carbocycles. The Bertz CT molecular complexity index is 853. The third kappa shape index (κ3) is 5.02. The van der Waals surface area contributed by atoms with E-state index in [1.54, 1.807) is 23.1 Å². The number of hydrogen-bond acceptors (Lipinski definition) is 3. The summed E-state index contributed by atoms with van der Waals surface area (Å²) in [6, 6.07) is 9.92. The molecule has 1 aliphatic heterocycles. The highest BCUT2D eigenvalue weighted by molar-refractivity contribution is 6.35. The minimum Gasteiger partial charge on any atom is -0.482 e. The first kappa shape index (κ1) is 20.6. The summed E-state index contributed by atoms with van der Waals surface area (Å²) < 4.78 is 44.1. The predicted molar refractivity (Wildman–Crippen MR) is 102 cm³/mol. The highest BCUT2D eigenvalue weighted by Crippen LogP contribution is 2.32. The fraction of sp³-hybridized carbons (Fsp3) is 0.316. The molecule has 0 spiro atoms. The maximum atomic E-state index is 12.9. The van der Waals surface area contributed by atoms with Crippen molar-refractivity contribution in [3.8, 4) is 5.75 Å². The third-order valence-corrected chi connectivity index (χ3v) is 4.95. The number of carbonyl (C=O) groups is 1. The fourth-order valence-electron chi connectivity index (χ4n) is 2.92. The number of hydrogen-bond donors (Lipinski definition) is 0. The van der Waals surface area contributed by atoms with Crippen molar-refractivity contribution in [2.75, 3.05) is 37.7 Å². The highest BCUT2D eigenvalue weighted by Gasteiger charge is 2.31.